The Kier molecular flexibility index (Phi) is 6.75. The van der Waals surface area contributed by atoms with E-state index in [4.69, 9.17) is 0 Å². The summed E-state index contributed by atoms with van der Waals surface area (Å²) in [5, 5.41) is 5.60. The molecule has 2 amide bonds. The highest BCUT2D eigenvalue weighted by Crippen LogP contribution is 2.21. The van der Waals surface area contributed by atoms with Crippen LogP contribution in [0.2, 0.25) is 0 Å². The molecule has 0 saturated heterocycles. The van der Waals surface area contributed by atoms with Crippen LogP contribution in [0.3, 0.4) is 0 Å². The van der Waals surface area contributed by atoms with Crippen molar-refractivity contribution in [1.82, 2.24) is 0 Å². The van der Waals surface area contributed by atoms with E-state index in [1.165, 1.54) is 18.1 Å². The molecule has 2 rings (SSSR count). The van der Waals surface area contributed by atoms with E-state index in [9.17, 15) is 9.59 Å². The predicted octanol–water partition coefficient (Wildman–Crippen LogP) is 2.60. The van der Waals surface area contributed by atoms with E-state index in [1.54, 1.807) is 24.3 Å². The summed E-state index contributed by atoms with van der Waals surface area (Å²) in [6.45, 7) is 9.24. The Morgan fingerprint density at radius 3 is 1.89 bits per heavy atom. The van der Waals surface area contributed by atoms with Gasteiger partial charge in [-0.3, -0.25) is 9.59 Å². The molecule has 0 aromatic heterocycles. The van der Waals surface area contributed by atoms with Gasteiger partial charge in [0.15, 0.2) is 6.54 Å². The number of amides is 2. The molecule has 0 aliphatic heterocycles. The molecule has 0 fully saturated rings. The molecule has 5 nitrogen and oxygen atoms in total. The number of likely N-dealkylation sites (N-methyl/N-ethyl adjacent to an activating group) is 1. The number of anilines is 2. The summed E-state index contributed by atoms with van der Waals surface area (Å²) in [6, 6.07) is 15.7. The van der Waals surface area contributed by atoms with Gasteiger partial charge in [0, 0.05) is 23.9 Å². The van der Waals surface area contributed by atoms with Crippen LogP contribution in [-0.4, -0.2) is 25.4 Å². The second kappa shape index (κ2) is 8.82. The van der Waals surface area contributed by atoms with Crippen molar-refractivity contribution in [2.24, 2.45) is 0 Å². The Hall–Kier alpha value is -2.66. The third kappa shape index (κ3) is 6.87. The minimum Gasteiger partial charge on any atom is -0.326 e. The monoisotopic (exact) mass is 368 g/mol. The van der Waals surface area contributed by atoms with Crippen LogP contribution in [0.15, 0.2) is 48.5 Å². The molecule has 3 N–H and O–H groups in total. The third-order valence-electron chi connectivity index (χ3n) is 4.28. The Bertz CT molecular complexity index is 775. The largest absolute Gasteiger partial charge is 0.326 e. The fourth-order valence-electron chi connectivity index (χ4n) is 2.85. The van der Waals surface area contributed by atoms with Crippen LogP contribution in [-0.2, 0) is 21.5 Å². The molecule has 0 aliphatic rings. The normalized spacial score (nSPS) is 12.3. The van der Waals surface area contributed by atoms with E-state index in [0.29, 0.717) is 12.2 Å². The van der Waals surface area contributed by atoms with E-state index in [0.717, 1.165) is 17.1 Å². The summed E-state index contributed by atoms with van der Waals surface area (Å²) in [5.74, 6) is -0.154. The van der Waals surface area contributed by atoms with Gasteiger partial charge in [-0.2, -0.15) is 0 Å². The van der Waals surface area contributed by atoms with Crippen molar-refractivity contribution in [3.63, 3.8) is 0 Å². The van der Waals surface area contributed by atoms with Crippen molar-refractivity contribution in [3.05, 3.63) is 59.7 Å². The Labute approximate surface area is 161 Å². The predicted molar refractivity (Wildman–Crippen MR) is 110 cm³/mol. The maximum Gasteiger partial charge on any atom is 0.279 e. The summed E-state index contributed by atoms with van der Waals surface area (Å²) >= 11 is 0. The highest BCUT2D eigenvalue weighted by Gasteiger charge is 2.14. The number of nitrogens with one attached hydrogen (secondary N) is 3. The summed E-state index contributed by atoms with van der Waals surface area (Å²) in [4.78, 5) is 24.4. The Morgan fingerprint density at radius 2 is 1.41 bits per heavy atom. The second-order valence-corrected chi connectivity index (χ2v) is 8.06. The van der Waals surface area contributed by atoms with Crippen molar-refractivity contribution in [2.45, 2.75) is 39.7 Å². The molecule has 2 aromatic rings. The van der Waals surface area contributed by atoms with Crippen LogP contribution in [0.5, 0.6) is 0 Å². The molecule has 1 atom stereocenters. The molecule has 0 heterocycles. The number of hydrogen-bond donors (Lipinski definition) is 3. The van der Waals surface area contributed by atoms with Gasteiger partial charge in [-0.25, -0.2) is 0 Å². The van der Waals surface area contributed by atoms with Crippen LogP contribution in [0.4, 0.5) is 11.4 Å². The number of carbonyl (C=O) groups is 2. The molecule has 0 saturated carbocycles. The van der Waals surface area contributed by atoms with Crippen LogP contribution in [0.1, 0.15) is 38.8 Å². The lowest BCUT2D eigenvalue weighted by Crippen LogP contribution is -3.08. The van der Waals surface area contributed by atoms with Gasteiger partial charge in [-0.15, -0.1) is 0 Å². The summed E-state index contributed by atoms with van der Waals surface area (Å²) in [7, 11) is 2.01. The molecule has 1 unspecified atom stereocenters. The van der Waals surface area contributed by atoms with Crippen LogP contribution in [0, 0.1) is 0 Å². The van der Waals surface area contributed by atoms with Crippen molar-refractivity contribution in [1.29, 1.82) is 0 Å². The minimum atomic E-state index is -0.118. The first-order valence-corrected chi connectivity index (χ1v) is 9.22. The average Bonchev–Trinajstić information content (AvgIpc) is 2.55. The molecule has 0 radical (unpaired) electrons. The van der Waals surface area contributed by atoms with Crippen LogP contribution >= 0.6 is 0 Å². The fraction of sp³-hybridized carbons (Fsp3) is 0.364. The number of benzene rings is 2. The van der Waals surface area contributed by atoms with E-state index in [2.05, 4.69) is 55.7 Å². The number of rotatable bonds is 6. The smallest absolute Gasteiger partial charge is 0.279 e. The zero-order chi connectivity index (χ0) is 20.0. The topological polar surface area (TPSA) is 62.6 Å². The van der Waals surface area contributed by atoms with Gasteiger partial charge in [-0.1, -0.05) is 45.0 Å². The lowest BCUT2D eigenvalue weighted by Gasteiger charge is -2.19. The average molecular weight is 369 g/mol. The van der Waals surface area contributed by atoms with Crippen molar-refractivity contribution >= 4 is 23.2 Å². The SMILES string of the molecule is CC(=O)Nc1ccc(NC(=O)C[NH+](C)Cc2ccc(C(C)(C)C)cc2)cc1. The van der Waals surface area contributed by atoms with E-state index >= 15 is 0 Å². The highest BCUT2D eigenvalue weighted by atomic mass is 16.2. The van der Waals surface area contributed by atoms with Gasteiger partial charge < -0.3 is 15.5 Å². The maximum atomic E-state index is 12.3. The van der Waals surface area contributed by atoms with Gasteiger partial charge in [0.05, 0.1) is 7.05 Å². The first kappa shape index (κ1) is 20.6. The molecule has 0 aliphatic carbocycles. The van der Waals surface area contributed by atoms with E-state index in [1.807, 2.05) is 7.05 Å². The number of quaternary nitrogens is 1. The van der Waals surface area contributed by atoms with Gasteiger partial charge in [0.1, 0.15) is 6.54 Å². The first-order chi connectivity index (χ1) is 12.6. The van der Waals surface area contributed by atoms with Crippen LogP contribution < -0.4 is 15.5 Å². The molecule has 27 heavy (non-hydrogen) atoms. The first-order valence-electron chi connectivity index (χ1n) is 9.22. The standard InChI is InChI=1S/C22H29N3O2/c1-16(26)23-19-10-12-20(13-11-19)24-21(27)15-25(5)14-17-6-8-18(9-7-17)22(2,3)4/h6-13H,14-15H2,1-5H3,(H,23,26)(H,24,27)/p+1. The Morgan fingerprint density at radius 1 is 0.889 bits per heavy atom. The zero-order valence-corrected chi connectivity index (χ0v) is 16.8. The lowest BCUT2D eigenvalue weighted by molar-refractivity contribution is -0.885. The highest BCUT2D eigenvalue weighted by molar-refractivity contribution is 5.92. The molecule has 0 bridgehead atoms. The molecular formula is C22H30N3O2+. The van der Waals surface area contributed by atoms with Gasteiger partial charge in [0.2, 0.25) is 5.91 Å². The second-order valence-electron chi connectivity index (χ2n) is 8.06. The number of carbonyl (C=O) groups excluding carboxylic acids is 2. The maximum absolute atomic E-state index is 12.3. The molecule has 2 aromatic carbocycles. The van der Waals surface area contributed by atoms with Crippen molar-refractivity contribution < 1.29 is 14.5 Å². The summed E-state index contributed by atoms with van der Waals surface area (Å²) in [5.41, 5.74) is 4.10. The minimum absolute atomic E-state index is 0.0360. The molecule has 0 spiro atoms. The molecule has 5 heteroatoms. The lowest BCUT2D eigenvalue weighted by atomic mass is 9.87. The van der Waals surface area contributed by atoms with Gasteiger partial charge in [0.25, 0.3) is 5.91 Å². The van der Waals surface area contributed by atoms with Gasteiger partial charge in [-0.05, 0) is 35.2 Å². The van der Waals surface area contributed by atoms with E-state index < -0.39 is 0 Å². The third-order valence-corrected chi connectivity index (χ3v) is 4.28. The summed E-state index contributed by atoms with van der Waals surface area (Å²) in [6.07, 6.45) is 0. The fourth-order valence-corrected chi connectivity index (χ4v) is 2.85. The molecule has 144 valence electrons. The van der Waals surface area contributed by atoms with Crippen LogP contribution in [0.25, 0.3) is 0 Å². The van der Waals surface area contributed by atoms with Crippen molar-refractivity contribution in [3.8, 4) is 0 Å². The quantitative estimate of drug-likeness (QED) is 0.734. The zero-order valence-electron chi connectivity index (χ0n) is 16.8. The van der Waals surface area contributed by atoms with Gasteiger partial charge >= 0.3 is 0 Å². The summed E-state index contributed by atoms with van der Waals surface area (Å²) < 4.78 is 0. The van der Waals surface area contributed by atoms with E-state index in [-0.39, 0.29) is 17.2 Å². The molecular weight excluding hydrogens is 338 g/mol. The Balaban J connectivity index is 1.85. The number of hydrogen-bond acceptors (Lipinski definition) is 2. The van der Waals surface area contributed by atoms with Crippen molar-refractivity contribution in [2.75, 3.05) is 24.2 Å².